The largest absolute Gasteiger partial charge is 0.365 e. The second-order valence-corrected chi connectivity index (χ2v) is 5.20. The second kappa shape index (κ2) is 6.39. The molecule has 0 aliphatic rings. The van der Waals surface area contributed by atoms with E-state index in [1.165, 1.54) is 17.7 Å². The lowest BCUT2D eigenvalue weighted by atomic mass is 10.1. The molecule has 0 saturated heterocycles. The molecular formula is C17H19FN2O. The Labute approximate surface area is 124 Å². The summed E-state index contributed by atoms with van der Waals surface area (Å²) < 4.78 is 13.1. The lowest BCUT2D eigenvalue weighted by molar-refractivity contribution is -0.114. The lowest BCUT2D eigenvalue weighted by Gasteiger charge is -2.21. The van der Waals surface area contributed by atoms with Crippen LogP contribution in [-0.2, 0) is 4.79 Å². The molecule has 0 radical (unpaired) electrons. The van der Waals surface area contributed by atoms with Gasteiger partial charge in [0, 0.05) is 18.4 Å². The van der Waals surface area contributed by atoms with Crippen molar-refractivity contribution >= 4 is 17.3 Å². The number of rotatable bonds is 4. The van der Waals surface area contributed by atoms with Crippen LogP contribution in [0.2, 0.25) is 0 Å². The number of hydrogen-bond acceptors (Lipinski definition) is 2. The summed E-state index contributed by atoms with van der Waals surface area (Å²) in [6.07, 6.45) is 0. The molecule has 0 bridgehead atoms. The van der Waals surface area contributed by atoms with Crippen LogP contribution < -0.4 is 10.2 Å². The fraction of sp³-hybridized carbons (Fsp3) is 0.235. The summed E-state index contributed by atoms with van der Waals surface area (Å²) in [5.74, 6) is -0.543. The van der Waals surface area contributed by atoms with Crippen molar-refractivity contribution in [3.8, 4) is 0 Å². The number of carbonyl (C=O) groups excluding carboxylic acids is 1. The summed E-state index contributed by atoms with van der Waals surface area (Å²) in [4.78, 5) is 13.9. The highest BCUT2D eigenvalue weighted by molar-refractivity contribution is 5.94. The van der Waals surface area contributed by atoms with Gasteiger partial charge in [-0.1, -0.05) is 23.8 Å². The van der Waals surface area contributed by atoms with E-state index in [0.29, 0.717) is 5.69 Å². The molecule has 2 aromatic rings. The number of carbonyl (C=O) groups is 1. The molecule has 0 aliphatic carbocycles. The minimum atomic E-state index is -0.365. The van der Waals surface area contributed by atoms with Crippen LogP contribution in [0.1, 0.15) is 11.1 Å². The minimum Gasteiger partial charge on any atom is -0.365 e. The second-order valence-electron chi connectivity index (χ2n) is 5.20. The number of amides is 1. The van der Waals surface area contributed by atoms with Crippen LogP contribution in [0.3, 0.4) is 0 Å². The monoisotopic (exact) mass is 286 g/mol. The Morgan fingerprint density at radius 2 is 1.95 bits per heavy atom. The third-order valence-corrected chi connectivity index (χ3v) is 3.25. The molecule has 21 heavy (non-hydrogen) atoms. The average Bonchev–Trinajstić information content (AvgIpc) is 2.38. The van der Waals surface area contributed by atoms with E-state index < -0.39 is 0 Å². The van der Waals surface area contributed by atoms with Crippen LogP contribution in [-0.4, -0.2) is 19.5 Å². The molecule has 0 saturated carbocycles. The number of benzene rings is 2. The highest BCUT2D eigenvalue weighted by Gasteiger charge is 2.10. The molecule has 1 N–H and O–H groups in total. The van der Waals surface area contributed by atoms with Crippen LogP contribution in [0.15, 0.2) is 42.5 Å². The fourth-order valence-electron chi connectivity index (χ4n) is 2.30. The van der Waals surface area contributed by atoms with Crippen molar-refractivity contribution in [2.24, 2.45) is 0 Å². The molecule has 0 atom stereocenters. The molecule has 0 unspecified atom stereocenters. The molecule has 0 aromatic heterocycles. The molecule has 2 aromatic carbocycles. The molecule has 4 heteroatoms. The first kappa shape index (κ1) is 15.0. The van der Waals surface area contributed by atoms with Crippen molar-refractivity contribution in [2.45, 2.75) is 13.8 Å². The number of halogens is 1. The quantitative estimate of drug-likeness (QED) is 0.932. The SMILES string of the molecule is Cc1ccc(N(C)CC(=O)Nc2cccc(F)c2)c(C)c1. The van der Waals surface area contributed by atoms with Crippen molar-refractivity contribution in [2.75, 3.05) is 23.8 Å². The van der Waals surface area contributed by atoms with E-state index in [4.69, 9.17) is 0 Å². The maximum atomic E-state index is 13.1. The molecule has 2 rings (SSSR count). The van der Waals surface area contributed by atoms with E-state index in [0.717, 1.165) is 11.3 Å². The summed E-state index contributed by atoms with van der Waals surface area (Å²) >= 11 is 0. The summed E-state index contributed by atoms with van der Waals surface area (Å²) in [5.41, 5.74) is 3.79. The molecule has 0 aliphatic heterocycles. The lowest BCUT2D eigenvalue weighted by Crippen LogP contribution is -2.30. The van der Waals surface area contributed by atoms with Gasteiger partial charge in [-0.05, 0) is 43.7 Å². The maximum absolute atomic E-state index is 13.1. The predicted molar refractivity (Wildman–Crippen MR) is 84.2 cm³/mol. The fourth-order valence-corrected chi connectivity index (χ4v) is 2.30. The zero-order chi connectivity index (χ0) is 15.4. The molecule has 1 amide bonds. The predicted octanol–water partition coefficient (Wildman–Crippen LogP) is 3.52. The van der Waals surface area contributed by atoms with Gasteiger partial charge in [-0.25, -0.2) is 4.39 Å². The summed E-state index contributed by atoms with van der Waals surface area (Å²) in [6, 6.07) is 12.0. The molecule has 0 heterocycles. The van der Waals surface area contributed by atoms with E-state index in [1.54, 1.807) is 12.1 Å². The highest BCUT2D eigenvalue weighted by atomic mass is 19.1. The van der Waals surface area contributed by atoms with Gasteiger partial charge in [0.2, 0.25) is 5.91 Å². The number of aryl methyl sites for hydroxylation is 2. The highest BCUT2D eigenvalue weighted by Crippen LogP contribution is 2.19. The standard InChI is InChI=1S/C17H19FN2O/c1-12-7-8-16(13(2)9-12)20(3)11-17(21)19-15-6-4-5-14(18)10-15/h4-10H,11H2,1-3H3,(H,19,21). The van der Waals surface area contributed by atoms with Crippen molar-refractivity contribution in [3.63, 3.8) is 0 Å². The molecule has 0 fully saturated rings. The topological polar surface area (TPSA) is 32.3 Å². The minimum absolute atomic E-state index is 0.178. The first-order valence-electron chi connectivity index (χ1n) is 6.79. The van der Waals surface area contributed by atoms with Crippen LogP contribution >= 0.6 is 0 Å². The molecule has 3 nitrogen and oxygen atoms in total. The number of anilines is 2. The Kier molecular flexibility index (Phi) is 4.58. The first-order chi connectivity index (χ1) is 9.95. The first-order valence-corrected chi connectivity index (χ1v) is 6.79. The maximum Gasteiger partial charge on any atom is 0.243 e. The van der Waals surface area contributed by atoms with Crippen molar-refractivity contribution in [1.82, 2.24) is 0 Å². The van der Waals surface area contributed by atoms with E-state index in [2.05, 4.69) is 11.4 Å². The van der Waals surface area contributed by atoms with Gasteiger partial charge in [0.05, 0.1) is 6.54 Å². The summed E-state index contributed by atoms with van der Waals surface area (Å²) in [5, 5.41) is 2.69. The molecule has 110 valence electrons. The van der Waals surface area contributed by atoms with E-state index in [-0.39, 0.29) is 18.3 Å². The van der Waals surface area contributed by atoms with Gasteiger partial charge in [0.15, 0.2) is 0 Å². The summed E-state index contributed by atoms with van der Waals surface area (Å²) in [7, 11) is 1.86. The van der Waals surface area contributed by atoms with Gasteiger partial charge in [0.1, 0.15) is 5.82 Å². The van der Waals surface area contributed by atoms with Crippen molar-refractivity contribution < 1.29 is 9.18 Å². The van der Waals surface area contributed by atoms with Gasteiger partial charge in [-0.15, -0.1) is 0 Å². The third-order valence-electron chi connectivity index (χ3n) is 3.25. The van der Waals surface area contributed by atoms with E-state index in [9.17, 15) is 9.18 Å². The third kappa shape index (κ3) is 4.05. The van der Waals surface area contributed by atoms with E-state index >= 15 is 0 Å². The zero-order valence-electron chi connectivity index (χ0n) is 12.5. The van der Waals surface area contributed by atoms with Crippen LogP contribution in [0, 0.1) is 19.7 Å². The number of nitrogens with one attached hydrogen (secondary N) is 1. The Morgan fingerprint density at radius 1 is 1.19 bits per heavy atom. The van der Waals surface area contributed by atoms with Crippen molar-refractivity contribution in [3.05, 3.63) is 59.4 Å². The van der Waals surface area contributed by atoms with Gasteiger partial charge in [-0.2, -0.15) is 0 Å². The summed E-state index contributed by atoms with van der Waals surface area (Å²) in [6.45, 7) is 4.26. The van der Waals surface area contributed by atoms with Crippen LogP contribution in [0.5, 0.6) is 0 Å². The normalized spacial score (nSPS) is 10.3. The van der Waals surface area contributed by atoms with Crippen LogP contribution in [0.25, 0.3) is 0 Å². The van der Waals surface area contributed by atoms with E-state index in [1.807, 2.05) is 37.9 Å². The zero-order valence-corrected chi connectivity index (χ0v) is 12.5. The number of likely N-dealkylation sites (N-methyl/N-ethyl adjacent to an activating group) is 1. The Hall–Kier alpha value is -2.36. The Bertz CT molecular complexity index is 655. The Morgan fingerprint density at radius 3 is 2.62 bits per heavy atom. The Balaban J connectivity index is 2.02. The molecular weight excluding hydrogens is 267 g/mol. The van der Waals surface area contributed by atoms with Gasteiger partial charge < -0.3 is 10.2 Å². The van der Waals surface area contributed by atoms with Gasteiger partial charge >= 0.3 is 0 Å². The molecule has 0 spiro atoms. The smallest absolute Gasteiger partial charge is 0.243 e. The number of hydrogen-bond donors (Lipinski definition) is 1. The number of nitrogens with zero attached hydrogens (tertiary/aromatic N) is 1. The van der Waals surface area contributed by atoms with Gasteiger partial charge in [0.25, 0.3) is 0 Å². The van der Waals surface area contributed by atoms with Crippen LogP contribution in [0.4, 0.5) is 15.8 Å². The average molecular weight is 286 g/mol. The van der Waals surface area contributed by atoms with Crippen molar-refractivity contribution in [1.29, 1.82) is 0 Å². The van der Waals surface area contributed by atoms with Gasteiger partial charge in [-0.3, -0.25) is 4.79 Å².